The third-order valence-corrected chi connectivity index (χ3v) is 6.70. The lowest BCUT2D eigenvalue weighted by molar-refractivity contribution is 0.401. The van der Waals surface area contributed by atoms with Crippen LogP contribution in [0.1, 0.15) is 22.7 Å². The maximum Gasteiger partial charge on any atom is 0.297 e. The molecule has 0 bridgehead atoms. The average Bonchev–Trinajstić information content (AvgIpc) is 3.34. The van der Waals surface area contributed by atoms with Gasteiger partial charge in [-0.3, -0.25) is 9.36 Å². The van der Waals surface area contributed by atoms with Crippen LogP contribution in [-0.4, -0.2) is 28.2 Å². The second-order valence-electron chi connectivity index (χ2n) is 8.86. The number of benzene rings is 3. The van der Waals surface area contributed by atoms with Gasteiger partial charge in [0.05, 0.1) is 13.2 Å². The van der Waals surface area contributed by atoms with Crippen molar-refractivity contribution in [1.29, 1.82) is 0 Å². The maximum absolute atomic E-state index is 13.5. The fourth-order valence-electron chi connectivity index (χ4n) is 4.97. The molecule has 3 aromatic carbocycles. The average molecular weight is 480 g/mol. The van der Waals surface area contributed by atoms with Crippen molar-refractivity contribution < 1.29 is 9.15 Å². The Morgan fingerprint density at radius 2 is 1.81 bits per heavy atom. The van der Waals surface area contributed by atoms with Crippen LogP contribution in [0.2, 0.25) is 0 Å². The van der Waals surface area contributed by atoms with Gasteiger partial charge in [-0.15, -0.1) is 0 Å². The number of para-hydroxylation sites is 2. The van der Waals surface area contributed by atoms with Crippen LogP contribution in [0, 0.1) is 0 Å². The van der Waals surface area contributed by atoms with E-state index in [1.807, 2.05) is 54.6 Å². The molecule has 0 aliphatic carbocycles. The van der Waals surface area contributed by atoms with E-state index >= 15 is 0 Å². The van der Waals surface area contributed by atoms with E-state index in [0.717, 1.165) is 17.5 Å². The van der Waals surface area contributed by atoms with Gasteiger partial charge in [0, 0.05) is 19.3 Å². The topological polar surface area (TPSA) is 99.4 Å². The standard InChI is InChI=1S/C28H25N5O3/c1-32-27(34)25(35-2)23(26-30-21-10-6-7-11-22(21)36-26)31-28(32)33-15-14-17-12-13-19(29)16-20(17)24(33)18-8-4-3-5-9-18/h3-13,16,24H,14-15,29H2,1-2H3. The molecule has 1 aliphatic rings. The molecule has 5 aromatic rings. The highest BCUT2D eigenvalue weighted by atomic mass is 16.5. The Morgan fingerprint density at radius 3 is 2.58 bits per heavy atom. The lowest BCUT2D eigenvalue weighted by Gasteiger charge is -2.39. The maximum atomic E-state index is 13.5. The lowest BCUT2D eigenvalue weighted by atomic mass is 9.88. The van der Waals surface area contributed by atoms with Gasteiger partial charge in [-0.25, -0.2) is 9.97 Å². The minimum Gasteiger partial charge on any atom is -0.489 e. The van der Waals surface area contributed by atoms with E-state index in [1.165, 1.54) is 17.2 Å². The van der Waals surface area contributed by atoms with E-state index in [9.17, 15) is 4.79 Å². The molecule has 0 spiro atoms. The number of nitrogens with two attached hydrogens (primary N) is 1. The van der Waals surface area contributed by atoms with Crippen molar-refractivity contribution in [2.24, 2.45) is 7.05 Å². The van der Waals surface area contributed by atoms with Crippen LogP contribution < -0.4 is 20.9 Å². The predicted octanol–water partition coefficient (Wildman–Crippen LogP) is 4.33. The second kappa shape index (κ2) is 8.57. The fourth-order valence-corrected chi connectivity index (χ4v) is 4.97. The summed E-state index contributed by atoms with van der Waals surface area (Å²) in [5, 5.41) is 0. The lowest BCUT2D eigenvalue weighted by Crippen LogP contribution is -2.40. The number of anilines is 2. The number of oxazole rings is 1. The van der Waals surface area contributed by atoms with Crippen LogP contribution in [0.3, 0.4) is 0 Å². The van der Waals surface area contributed by atoms with E-state index in [1.54, 1.807) is 7.05 Å². The van der Waals surface area contributed by atoms with Gasteiger partial charge in [-0.05, 0) is 47.4 Å². The molecule has 0 saturated carbocycles. The summed E-state index contributed by atoms with van der Waals surface area (Å²) in [7, 11) is 3.16. The van der Waals surface area contributed by atoms with Gasteiger partial charge in [0.15, 0.2) is 11.3 Å². The van der Waals surface area contributed by atoms with Gasteiger partial charge >= 0.3 is 0 Å². The molecule has 0 amide bonds. The highest BCUT2D eigenvalue weighted by Gasteiger charge is 2.33. The molecule has 1 unspecified atom stereocenters. The summed E-state index contributed by atoms with van der Waals surface area (Å²) < 4.78 is 13.0. The molecule has 2 aromatic heterocycles. The van der Waals surface area contributed by atoms with E-state index in [2.05, 4.69) is 28.1 Å². The van der Waals surface area contributed by atoms with E-state index in [4.69, 9.17) is 19.9 Å². The highest BCUT2D eigenvalue weighted by Crippen LogP contribution is 2.39. The molecule has 0 fully saturated rings. The SMILES string of the molecule is COc1c(-c2nc3ccccc3o2)nc(N2CCc3ccc(N)cc3C2c2ccccc2)n(C)c1=O. The van der Waals surface area contributed by atoms with E-state index in [-0.39, 0.29) is 28.9 Å². The summed E-state index contributed by atoms with van der Waals surface area (Å²) in [6.07, 6.45) is 0.791. The molecular formula is C28H25N5O3. The van der Waals surface area contributed by atoms with E-state index in [0.29, 0.717) is 29.3 Å². The normalized spacial score (nSPS) is 15.2. The zero-order valence-electron chi connectivity index (χ0n) is 20.0. The van der Waals surface area contributed by atoms with Gasteiger partial charge < -0.3 is 19.8 Å². The van der Waals surface area contributed by atoms with Crippen LogP contribution in [0.4, 0.5) is 11.6 Å². The van der Waals surface area contributed by atoms with Crippen molar-refractivity contribution >= 4 is 22.7 Å². The summed E-state index contributed by atoms with van der Waals surface area (Å²) in [5.41, 5.74) is 11.6. The third-order valence-electron chi connectivity index (χ3n) is 6.70. The first-order valence-corrected chi connectivity index (χ1v) is 11.8. The van der Waals surface area contributed by atoms with Crippen molar-refractivity contribution in [3.63, 3.8) is 0 Å². The predicted molar refractivity (Wildman–Crippen MR) is 139 cm³/mol. The molecule has 0 radical (unpaired) electrons. The molecular weight excluding hydrogens is 454 g/mol. The number of rotatable bonds is 4. The van der Waals surface area contributed by atoms with Crippen LogP contribution in [0.25, 0.3) is 22.7 Å². The Morgan fingerprint density at radius 1 is 1.03 bits per heavy atom. The minimum atomic E-state index is -0.315. The van der Waals surface area contributed by atoms with Crippen molar-refractivity contribution in [2.45, 2.75) is 12.5 Å². The molecule has 180 valence electrons. The van der Waals surface area contributed by atoms with Crippen LogP contribution in [0.15, 0.2) is 82.0 Å². The molecule has 1 atom stereocenters. The Balaban J connectivity index is 1.57. The van der Waals surface area contributed by atoms with Crippen molar-refractivity contribution in [1.82, 2.24) is 14.5 Å². The summed E-state index contributed by atoms with van der Waals surface area (Å²) in [6.45, 7) is 0.663. The van der Waals surface area contributed by atoms with Gasteiger partial charge in [-0.1, -0.05) is 48.5 Å². The molecule has 8 heteroatoms. The molecule has 36 heavy (non-hydrogen) atoms. The van der Waals surface area contributed by atoms with Crippen molar-refractivity contribution in [2.75, 3.05) is 24.3 Å². The number of aromatic nitrogens is 3. The van der Waals surface area contributed by atoms with E-state index < -0.39 is 0 Å². The smallest absolute Gasteiger partial charge is 0.297 e. The van der Waals surface area contributed by atoms with Gasteiger partial charge in [0.1, 0.15) is 5.52 Å². The molecule has 1 aliphatic heterocycles. The van der Waals surface area contributed by atoms with Crippen LogP contribution in [0.5, 0.6) is 5.75 Å². The Bertz CT molecular complexity index is 1610. The van der Waals surface area contributed by atoms with Crippen LogP contribution in [-0.2, 0) is 13.5 Å². The zero-order chi connectivity index (χ0) is 24.8. The summed E-state index contributed by atoms with van der Waals surface area (Å²) in [5.74, 6) is 0.829. The largest absolute Gasteiger partial charge is 0.489 e. The van der Waals surface area contributed by atoms with Crippen molar-refractivity contribution in [3.05, 3.63) is 99.8 Å². The van der Waals surface area contributed by atoms with Gasteiger partial charge in [0.25, 0.3) is 11.4 Å². The molecule has 3 heterocycles. The molecule has 8 nitrogen and oxygen atoms in total. The zero-order valence-corrected chi connectivity index (χ0v) is 20.0. The number of hydrogen-bond donors (Lipinski definition) is 1. The number of ether oxygens (including phenoxy) is 1. The summed E-state index contributed by atoms with van der Waals surface area (Å²) >= 11 is 0. The number of fused-ring (bicyclic) bond motifs is 2. The minimum absolute atomic E-state index is 0.0886. The quantitative estimate of drug-likeness (QED) is 0.383. The highest BCUT2D eigenvalue weighted by molar-refractivity contribution is 5.76. The molecule has 2 N–H and O–H groups in total. The number of nitrogens with zero attached hydrogens (tertiary/aromatic N) is 4. The molecule has 6 rings (SSSR count). The summed E-state index contributed by atoms with van der Waals surface area (Å²) in [6, 6.07) is 23.5. The Labute approximate surface area is 207 Å². The Hall–Kier alpha value is -4.59. The monoisotopic (exact) mass is 479 g/mol. The first-order chi connectivity index (χ1) is 17.5. The number of methoxy groups -OCH3 is 1. The van der Waals surface area contributed by atoms with Crippen molar-refractivity contribution in [3.8, 4) is 17.3 Å². The first kappa shape index (κ1) is 21.9. The van der Waals surface area contributed by atoms with Gasteiger partial charge in [0.2, 0.25) is 11.7 Å². The number of nitrogen functional groups attached to an aromatic ring is 1. The van der Waals surface area contributed by atoms with Gasteiger partial charge in [-0.2, -0.15) is 0 Å². The number of hydrogen-bond acceptors (Lipinski definition) is 7. The first-order valence-electron chi connectivity index (χ1n) is 11.8. The summed E-state index contributed by atoms with van der Waals surface area (Å²) in [4.78, 5) is 25.2. The second-order valence-corrected chi connectivity index (χ2v) is 8.86. The Kier molecular flexibility index (Phi) is 5.21. The van der Waals surface area contributed by atoms with Crippen LogP contribution >= 0.6 is 0 Å². The fraction of sp³-hybridized carbons (Fsp3) is 0.179. The third kappa shape index (κ3) is 3.50. The molecule has 0 saturated heterocycles.